The Hall–Kier alpha value is -0.0400. The number of rotatable bonds is 1. The number of hydrogen-bond donors (Lipinski definition) is 1. The van der Waals surface area contributed by atoms with Gasteiger partial charge >= 0.3 is 0 Å². The van der Waals surface area contributed by atoms with E-state index in [-0.39, 0.29) is 0 Å². The lowest BCUT2D eigenvalue weighted by molar-refractivity contribution is -0.188. The third-order valence-corrected chi connectivity index (χ3v) is 8.71. The largest absolute Gasteiger partial charge is 0.396 e. The maximum Gasteiger partial charge on any atom is 0.0464 e. The Morgan fingerprint density at radius 1 is 0.900 bits per heavy atom. The molecule has 1 nitrogen and oxygen atoms in total. The van der Waals surface area contributed by atoms with Crippen LogP contribution in [0.15, 0.2) is 0 Å². The monoisotopic (exact) mass is 276 g/mol. The molecule has 1 heteroatoms. The van der Waals surface area contributed by atoms with Gasteiger partial charge in [-0.25, -0.2) is 0 Å². The Labute approximate surface area is 124 Å². The summed E-state index contributed by atoms with van der Waals surface area (Å²) in [6.07, 6.45) is 13.2. The van der Waals surface area contributed by atoms with Gasteiger partial charge in [0.05, 0.1) is 0 Å². The van der Waals surface area contributed by atoms with E-state index in [4.69, 9.17) is 0 Å². The van der Waals surface area contributed by atoms with Crippen molar-refractivity contribution in [2.75, 3.05) is 6.61 Å². The lowest BCUT2D eigenvalue weighted by Gasteiger charge is -2.67. The van der Waals surface area contributed by atoms with E-state index in [2.05, 4.69) is 13.8 Å². The van der Waals surface area contributed by atoms with Gasteiger partial charge in [0, 0.05) is 6.61 Å². The first-order valence-electron chi connectivity index (χ1n) is 9.20. The van der Waals surface area contributed by atoms with Gasteiger partial charge in [-0.3, -0.25) is 0 Å². The Kier molecular flexibility index (Phi) is 3.05. The highest BCUT2D eigenvalue weighted by atomic mass is 16.3. The second kappa shape index (κ2) is 4.48. The van der Waals surface area contributed by atoms with E-state index in [1.165, 1.54) is 57.8 Å². The molecule has 4 aliphatic rings. The molecular formula is C19H32O. The Morgan fingerprint density at radius 2 is 1.75 bits per heavy atom. The molecular weight excluding hydrogens is 244 g/mol. The standard InChI is InChI=1S/C19H32O/c1-18-9-4-3-5-13(18)6-7-15-16(18)8-10-19(2)14(12-20)11-17(15)19/h13-17,20H,3-12H2,1-2H3/t13-,14-,15-,16+,17+,18+,19-/m1/s1. The van der Waals surface area contributed by atoms with E-state index in [1.807, 2.05) is 0 Å². The molecule has 0 heterocycles. The fraction of sp³-hybridized carbons (Fsp3) is 1.00. The highest BCUT2D eigenvalue weighted by Crippen LogP contribution is 2.69. The number of aliphatic hydroxyl groups excluding tert-OH is 1. The third-order valence-electron chi connectivity index (χ3n) is 8.71. The summed E-state index contributed by atoms with van der Waals surface area (Å²) in [5.41, 5.74) is 1.17. The van der Waals surface area contributed by atoms with Crippen LogP contribution in [0.1, 0.15) is 71.6 Å². The lowest BCUT2D eigenvalue weighted by Crippen LogP contribution is -2.60. The Bertz CT molecular complexity index is 391. The molecule has 4 aliphatic carbocycles. The molecule has 0 bridgehead atoms. The first kappa shape index (κ1) is 13.6. The van der Waals surface area contributed by atoms with Gasteiger partial charge in [-0.2, -0.15) is 0 Å². The predicted octanol–water partition coefficient (Wildman–Crippen LogP) is 4.64. The van der Waals surface area contributed by atoms with Crippen molar-refractivity contribution in [2.45, 2.75) is 71.6 Å². The summed E-state index contributed by atoms with van der Waals surface area (Å²) in [5.74, 6) is 4.61. The van der Waals surface area contributed by atoms with E-state index < -0.39 is 0 Å². The van der Waals surface area contributed by atoms with Crippen molar-refractivity contribution >= 4 is 0 Å². The topological polar surface area (TPSA) is 20.2 Å². The second-order valence-corrected chi connectivity index (χ2v) is 9.06. The number of fused-ring (bicyclic) bond motifs is 5. The van der Waals surface area contributed by atoms with Gasteiger partial charge in [0.1, 0.15) is 0 Å². The highest BCUT2D eigenvalue weighted by molar-refractivity contribution is 5.11. The van der Waals surface area contributed by atoms with Gasteiger partial charge in [-0.05, 0) is 85.4 Å². The molecule has 0 aromatic carbocycles. The van der Waals surface area contributed by atoms with Crippen molar-refractivity contribution in [3.63, 3.8) is 0 Å². The Balaban J connectivity index is 1.59. The van der Waals surface area contributed by atoms with Crippen LogP contribution in [0.5, 0.6) is 0 Å². The molecule has 0 spiro atoms. The molecule has 4 fully saturated rings. The fourth-order valence-electron chi connectivity index (χ4n) is 7.29. The van der Waals surface area contributed by atoms with Crippen LogP contribution >= 0.6 is 0 Å². The summed E-state index contributed by atoms with van der Waals surface area (Å²) in [6, 6.07) is 0. The van der Waals surface area contributed by atoms with E-state index in [9.17, 15) is 5.11 Å². The molecule has 0 saturated heterocycles. The van der Waals surface area contributed by atoms with Gasteiger partial charge in [0.2, 0.25) is 0 Å². The maximum absolute atomic E-state index is 9.62. The fourth-order valence-corrected chi connectivity index (χ4v) is 7.29. The van der Waals surface area contributed by atoms with Crippen molar-refractivity contribution in [2.24, 2.45) is 40.4 Å². The second-order valence-electron chi connectivity index (χ2n) is 9.06. The summed E-state index contributed by atoms with van der Waals surface area (Å²) in [6.45, 7) is 5.58. The van der Waals surface area contributed by atoms with Crippen LogP contribution < -0.4 is 0 Å². The zero-order valence-corrected chi connectivity index (χ0v) is 13.4. The van der Waals surface area contributed by atoms with Crippen LogP contribution in [0.4, 0.5) is 0 Å². The summed E-state index contributed by atoms with van der Waals surface area (Å²) >= 11 is 0. The minimum absolute atomic E-state index is 0.435. The molecule has 7 atom stereocenters. The van der Waals surface area contributed by atoms with Crippen molar-refractivity contribution in [3.8, 4) is 0 Å². The van der Waals surface area contributed by atoms with Gasteiger partial charge in [-0.1, -0.05) is 26.7 Å². The smallest absolute Gasteiger partial charge is 0.0464 e. The first-order valence-corrected chi connectivity index (χ1v) is 9.20. The van der Waals surface area contributed by atoms with Gasteiger partial charge < -0.3 is 5.11 Å². The molecule has 1 N–H and O–H groups in total. The maximum atomic E-state index is 9.62. The average Bonchev–Trinajstić information content (AvgIpc) is 2.43. The quantitative estimate of drug-likeness (QED) is 0.740. The molecule has 0 amide bonds. The van der Waals surface area contributed by atoms with Crippen LogP contribution in [0.2, 0.25) is 0 Å². The van der Waals surface area contributed by atoms with Crippen LogP contribution in [-0.4, -0.2) is 11.7 Å². The third kappa shape index (κ3) is 1.59. The van der Waals surface area contributed by atoms with Crippen LogP contribution in [0.3, 0.4) is 0 Å². The molecule has 0 radical (unpaired) electrons. The lowest BCUT2D eigenvalue weighted by atomic mass is 9.38. The minimum Gasteiger partial charge on any atom is -0.396 e. The average molecular weight is 276 g/mol. The molecule has 0 unspecified atom stereocenters. The van der Waals surface area contributed by atoms with Crippen molar-refractivity contribution in [3.05, 3.63) is 0 Å². The van der Waals surface area contributed by atoms with Crippen LogP contribution in [0.25, 0.3) is 0 Å². The molecule has 20 heavy (non-hydrogen) atoms. The summed E-state index contributed by atoms with van der Waals surface area (Å²) in [5, 5.41) is 9.62. The van der Waals surface area contributed by atoms with Crippen LogP contribution in [-0.2, 0) is 0 Å². The molecule has 114 valence electrons. The van der Waals surface area contributed by atoms with Crippen molar-refractivity contribution < 1.29 is 5.11 Å². The molecule has 0 aromatic heterocycles. The summed E-state index contributed by atoms with van der Waals surface area (Å²) in [7, 11) is 0. The minimum atomic E-state index is 0.435. The van der Waals surface area contributed by atoms with Crippen molar-refractivity contribution in [1.29, 1.82) is 0 Å². The van der Waals surface area contributed by atoms with Crippen molar-refractivity contribution in [1.82, 2.24) is 0 Å². The van der Waals surface area contributed by atoms with E-state index in [0.717, 1.165) is 23.7 Å². The van der Waals surface area contributed by atoms with E-state index in [1.54, 1.807) is 0 Å². The molecule has 4 saturated carbocycles. The SMILES string of the molecule is C[C@]12CCCC[C@@H]1CC[C@@H]1[C@@H]2CC[C@]2(C)[C@@H](CO)C[C@@H]12. The normalized spacial score (nSPS) is 58.0. The van der Waals surface area contributed by atoms with Gasteiger partial charge in [-0.15, -0.1) is 0 Å². The zero-order chi connectivity index (χ0) is 14.0. The molecule has 4 rings (SSSR count). The first-order chi connectivity index (χ1) is 9.59. The number of aliphatic hydroxyl groups is 1. The van der Waals surface area contributed by atoms with Gasteiger partial charge in [0.25, 0.3) is 0 Å². The van der Waals surface area contributed by atoms with E-state index >= 15 is 0 Å². The zero-order valence-electron chi connectivity index (χ0n) is 13.4. The Morgan fingerprint density at radius 3 is 2.55 bits per heavy atom. The predicted molar refractivity (Wildman–Crippen MR) is 82.3 cm³/mol. The summed E-state index contributed by atoms with van der Waals surface area (Å²) in [4.78, 5) is 0. The van der Waals surface area contributed by atoms with Crippen LogP contribution in [0, 0.1) is 40.4 Å². The van der Waals surface area contributed by atoms with Gasteiger partial charge in [0.15, 0.2) is 0 Å². The summed E-state index contributed by atoms with van der Waals surface area (Å²) < 4.78 is 0. The number of hydrogen-bond acceptors (Lipinski definition) is 1. The molecule has 0 aliphatic heterocycles. The molecule has 0 aromatic rings. The highest BCUT2D eigenvalue weighted by Gasteiger charge is 2.62. The van der Waals surface area contributed by atoms with E-state index in [0.29, 0.717) is 23.4 Å².